The number of hydrogen-bond acceptors (Lipinski definition) is 4. The van der Waals surface area contributed by atoms with E-state index in [1.54, 1.807) is 13.8 Å². The lowest BCUT2D eigenvalue weighted by atomic mass is 10.0. The molecule has 3 nitrogen and oxygen atoms in total. The molecule has 0 fully saturated rings. The van der Waals surface area contributed by atoms with Gasteiger partial charge < -0.3 is 10.2 Å². The standard InChI is InChI=1S/C9H12F3NO2S/c1-4(2)6(14)7(15)5-3-13-8(16-5)9(10,11)12/h3-4,6-7,14-15H,1-2H3. The van der Waals surface area contributed by atoms with Crippen LogP contribution in [0.3, 0.4) is 0 Å². The molecule has 0 radical (unpaired) electrons. The first-order valence-electron chi connectivity index (χ1n) is 4.62. The molecule has 7 heteroatoms. The monoisotopic (exact) mass is 255 g/mol. The maximum absolute atomic E-state index is 12.2. The van der Waals surface area contributed by atoms with Crippen molar-refractivity contribution in [2.45, 2.75) is 32.2 Å². The molecule has 0 spiro atoms. The second kappa shape index (κ2) is 4.68. The van der Waals surface area contributed by atoms with Gasteiger partial charge in [0, 0.05) is 6.20 Å². The van der Waals surface area contributed by atoms with Crippen molar-refractivity contribution in [2.75, 3.05) is 0 Å². The van der Waals surface area contributed by atoms with Crippen molar-refractivity contribution in [2.24, 2.45) is 5.92 Å². The predicted octanol–water partition coefficient (Wildman–Crippen LogP) is 2.21. The molecule has 1 rings (SSSR count). The zero-order valence-corrected chi connectivity index (χ0v) is 9.51. The Kier molecular flexibility index (Phi) is 3.92. The van der Waals surface area contributed by atoms with E-state index in [1.165, 1.54) is 0 Å². The average Bonchev–Trinajstić information content (AvgIpc) is 2.63. The van der Waals surface area contributed by atoms with Crippen LogP contribution in [0.2, 0.25) is 0 Å². The molecule has 16 heavy (non-hydrogen) atoms. The van der Waals surface area contributed by atoms with Crippen molar-refractivity contribution in [3.63, 3.8) is 0 Å². The number of halogens is 3. The summed E-state index contributed by atoms with van der Waals surface area (Å²) >= 11 is 0.348. The first-order valence-corrected chi connectivity index (χ1v) is 5.44. The third kappa shape index (κ3) is 2.93. The molecule has 0 saturated heterocycles. The summed E-state index contributed by atoms with van der Waals surface area (Å²) in [7, 11) is 0. The molecule has 1 aromatic rings. The smallest absolute Gasteiger partial charge is 0.390 e. The normalized spacial score (nSPS) is 16.5. The van der Waals surface area contributed by atoms with E-state index in [9.17, 15) is 23.4 Å². The van der Waals surface area contributed by atoms with Crippen molar-refractivity contribution in [3.05, 3.63) is 16.1 Å². The van der Waals surface area contributed by atoms with Gasteiger partial charge in [-0.15, -0.1) is 11.3 Å². The third-order valence-electron chi connectivity index (χ3n) is 2.06. The van der Waals surface area contributed by atoms with Crippen LogP contribution in [0.1, 0.15) is 29.8 Å². The molecule has 0 aromatic carbocycles. The maximum Gasteiger partial charge on any atom is 0.443 e. The second-order valence-electron chi connectivity index (χ2n) is 3.74. The largest absolute Gasteiger partial charge is 0.443 e. The van der Waals surface area contributed by atoms with Gasteiger partial charge in [-0.25, -0.2) is 4.98 Å². The van der Waals surface area contributed by atoms with E-state index >= 15 is 0 Å². The Bertz CT molecular complexity index is 351. The Balaban J connectivity index is 2.86. The minimum atomic E-state index is -4.51. The zero-order valence-electron chi connectivity index (χ0n) is 8.69. The molecule has 0 aliphatic carbocycles. The summed E-state index contributed by atoms with van der Waals surface area (Å²) in [6.45, 7) is 3.33. The van der Waals surface area contributed by atoms with Crippen LogP contribution in [0.5, 0.6) is 0 Å². The minimum absolute atomic E-state index is 0.0218. The van der Waals surface area contributed by atoms with E-state index in [1.807, 2.05) is 0 Å². The lowest BCUT2D eigenvalue weighted by molar-refractivity contribution is -0.137. The van der Waals surface area contributed by atoms with Crippen LogP contribution in [0.25, 0.3) is 0 Å². The summed E-state index contributed by atoms with van der Waals surface area (Å²) in [5.74, 6) is -0.244. The molecule has 1 aromatic heterocycles. The number of thiazole rings is 1. The van der Waals surface area contributed by atoms with Crippen molar-refractivity contribution in [3.8, 4) is 0 Å². The van der Waals surface area contributed by atoms with E-state index in [0.29, 0.717) is 11.3 Å². The summed E-state index contributed by atoms with van der Waals surface area (Å²) in [5, 5.41) is 18.1. The number of hydrogen-bond donors (Lipinski definition) is 2. The fourth-order valence-electron chi connectivity index (χ4n) is 1.09. The zero-order chi connectivity index (χ0) is 12.5. The summed E-state index contributed by atoms with van der Waals surface area (Å²) < 4.78 is 36.7. The molecule has 2 N–H and O–H groups in total. The highest BCUT2D eigenvalue weighted by molar-refractivity contribution is 7.11. The highest BCUT2D eigenvalue weighted by Crippen LogP contribution is 2.35. The van der Waals surface area contributed by atoms with Crippen molar-refractivity contribution >= 4 is 11.3 Å². The molecule has 1 heterocycles. The lowest BCUT2D eigenvalue weighted by Gasteiger charge is -2.19. The van der Waals surface area contributed by atoms with Gasteiger partial charge in [-0.2, -0.15) is 13.2 Å². The Morgan fingerprint density at radius 3 is 2.25 bits per heavy atom. The molecule has 0 aliphatic heterocycles. The topological polar surface area (TPSA) is 53.4 Å². The van der Waals surface area contributed by atoms with Gasteiger partial charge >= 0.3 is 6.18 Å². The van der Waals surface area contributed by atoms with Gasteiger partial charge in [0.15, 0.2) is 5.01 Å². The molecule has 0 aliphatic rings. The molecule has 0 amide bonds. The van der Waals surface area contributed by atoms with E-state index in [2.05, 4.69) is 4.98 Å². The number of aliphatic hydroxyl groups is 2. The van der Waals surface area contributed by atoms with E-state index in [0.717, 1.165) is 6.20 Å². The molecule has 0 bridgehead atoms. The Hall–Kier alpha value is -0.660. The van der Waals surface area contributed by atoms with Crippen molar-refractivity contribution in [1.29, 1.82) is 0 Å². The highest BCUT2D eigenvalue weighted by atomic mass is 32.1. The third-order valence-corrected chi connectivity index (χ3v) is 3.18. The fraction of sp³-hybridized carbons (Fsp3) is 0.667. The Morgan fingerprint density at radius 1 is 1.31 bits per heavy atom. The molecule has 2 unspecified atom stereocenters. The highest BCUT2D eigenvalue weighted by Gasteiger charge is 2.36. The maximum atomic E-state index is 12.2. The van der Waals surface area contributed by atoms with Crippen LogP contribution in [-0.4, -0.2) is 21.3 Å². The quantitative estimate of drug-likeness (QED) is 0.870. The summed E-state index contributed by atoms with van der Waals surface area (Å²) in [5.41, 5.74) is 0. The van der Waals surface area contributed by atoms with Gasteiger partial charge in [0.2, 0.25) is 0 Å². The first kappa shape index (κ1) is 13.4. The minimum Gasteiger partial charge on any atom is -0.390 e. The number of alkyl halides is 3. The number of aromatic nitrogens is 1. The second-order valence-corrected chi connectivity index (χ2v) is 4.81. The lowest BCUT2D eigenvalue weighted by Crippen LogP contribution is -2.23. The van der Waals surface area contributed by atoms with Gasteiger partial charge in [-0.1, -0.05) is 13.8 Å². The van der Waals surface area contributed by atoms with Gasteiger partial charge in [0.1, 0.15) is 6.10 Å². The van der Waals surface area contributed by atoms with Crippen LogP contribution in [0, 0.1) is 5.92 Å². The van der Waals surface area contributed by atoms with Crippen LogP contribution in [-0.2, 0) is 6.18 Å². The van der Waals surface area contributed by atoms with Gasteiger partial charge in [-0.3, -0.25) is 0 Å². The van der Waals surface area contributed by atoms with Gasteiger partial charge in [-0.05, 0) is 5.92 Å². The van der Waals surface area contributed by atoms with E-state index < -0.39 is 23.4 Å². The number of rotatable bonds is 3. The van der Waals surface area contributed by atoms with Crippen LogP contribution < -0.4 is 0 Å². The number of nitrogens with zero attached hydrogens (tertiary/aromatic N) is 1. The summed E-state index contributed by atoms with van der Waals surface area (Å²) in [6.07, 6.45) is -5.98. The molecular weight excluding hydrogens is 243 g/mol. The molecule has 92 valence electrons. The Morgan fingerprint density at radius 2 is 1.88 bits per heavy atom. The van der Waals surface area contributed by atoms with Crippen LogP contribution in [0.4, 0.5) is 13.2 Å². The summed E-state index contributed by atoms with van der Waals surface area (Å²) in [4.78, 5) is 3.19. The molecule has 2 atom stereocenters. The molecule has 0 saturated carbocycles. The van der Waals surface area contributed by atoms with Crippen LogP contribution >= 0.6 is 11.3 Å². The molecular formula is C9H12F3NO2S. The van der Waals surface area contributed by atoms with Crippen molar-refractivity contribution < 1.29 is 23.4 Å². The first-order chi connectivity index (χ1) is 7.23. The van der Waals surface area contributed by atoms with Crippen molar-refractivity contribution in [1.82, 2.24) is 4.98 Å². The average molecular weight is 255 g/mol. The number of aliphatic hydroxyl groups excluding tert-OH is 2. The Labute approximate surface area is 94.6 Å². The SMILES string of the molecule is CC(C)C(O)C(O)c1cnc(C(F)(F)F)s1. The van der Waals surface area contributed by atoms with Gasteiger partial charge in [0.05, 0.1) is 11.0 Å². The fourth-order valence-corrected chi connectivity index (χ4v) is 1.90. The van der Waals surface area contributed by atoms with Gasteiger partial charge in [0.25, 0.3) is 0 Å². The predicted molar refractivity (Wildman–Crippen MR) is 52.9 cm³/mol. The van der Waals surface area contributed by atoms with E-state index in [-0.39, 0.29) is 10.8 Å². The van der Waals surface area contributed by atoms with E-state index in [4.69, 9.17) is 0 Å². The van der Waals surface area contributed by atoms with Crippen LogP contribution in [0.15, 0.2) is 6.20 Å². The summed E-state index contributed by atoms with van der Waals surface area (Å²) in [6, 6.07) is 0.